The molecule has 4 rings (SSSR count). The van der Waals surface area contributed by atoms with Gasteiger partial charge in [-0.05, 0) is 75.2 Å². The number of ether oxygens (including phenoxy) is 4. The monoisotopic (exact) mass is 619 g/mol. The van der Waals surface area contributed by atoms with Crippen LogP contribution in [0.4, 0.5) is 4.79 Å². The first-order valence-corrected chi connectivity index (χ1v) is 15.8. The van der Waals surface area contributed by atoms with Crippen molar-refractivity contribution in [2.45, 2.75) is 65.3 Å². The molecular weight excluding hydrogens is 570 g/mol. The Morgan fingerprint density at radius 2 is 1.71 bits per heavy atom. The summed E-state index contributed by atoms with van der Waals surface area (Å²) in [7, 11) is 3.24. The summed E-state index contributed by atoms with van der Waals surface area (Å²) in [4.78, 5) is 30.8. The summed E-state index contributed by atoms with van der Waals surface area (Å²) >= 11 is 0. The zero-order valence-corrected chi connectivity index (χ0v) is 27.8. The molecule has 1 fully saturated rings. The highest BCUT2D eigenvalue weighted by Gasteiger charge is 2.39. The van der Waals surface area contributed by atoms with Crippen molar-refractivity contribution in [2.24, 2.45) is 5.92 Å². The van der Waals surface area contributed by atoms with E-state index in [0.717, 1.165) is 12.0 Å². The molecule has 2 amide bonds. The highest BCUT2D eigenvalue weighted by Crippen LogP contribution is 2.30. The number of carbonyl (C=O) groups excluding carboxylic acids is 2. The van der Waals surface area contributed by atoms with E-state index in [9.17, 15) is 9.59 Å². The van der Waals surface area contributed by atoms with E-state index >= 15 is 0 Å². The summed E-state index contributed by atoms with van der Waals surface area (Å²) in [5.74, 6) is 0.989. The fourth-order valence-electron chi connectivity index (χ4n) is 5.62. The van der Waals surface area contributed by atoms with Gasteiger partial charge in [-0.2, -0.15) is 0 Å². The number of carbonyl (C=O) groups is 2. The van der Waals surface area contributed by atoms with Crippen molar-refractivity contribution in [3.05, 3.63) is 71.8 Å². The van der Waals surface area contributed by atoms with Gasteiger partial charge in [0.2, 0.25) is 0 Å². The Hall–Kier alpha value is -3.82. The number of rotatable bonds is 13. The second-order valence-corrected chi connectivity index (χ2v) is 12.9. The van der Waals surface area contributed by atoms with Gasteiger partial charge in [-0.15, -0.1) is 0 Å². The number of hydrogen-bond acceptors (Lipinski definition) is 7. The first-order chi connectivity index (χ1) is 21.5. The molecule has 0 aliphatic carbocycles. The molecule has 0 spiro atoms. The van der Waals surface area contributed by atoms with Gasteiger partial charge in [0.15, 0.2) is 11.5 Å². The van der Waals surface area contributed by atoms with Crippen molar-refractivity contribution in [2.75, 3.05) is 47.1 Å². The second kappa shape index (κ2) is 15.5. The van der Waals surface area contributed by atoms with Gasteiger partial charge in [-0.3, -0.25) is 4.79 Å². The lowest BCUT2D eigenvalue weighted by atomic mass is 10.0. The second-order valence-electron chi connectivity index (χ2n) is 12.9. The Kier molecular flexibility index (Phi) is 11.7. The number of amides is 2. The molecule has 1 aliphatic rings. The maximum absolute atomic E-state index is 14.0. The highest BCUT2D eigenvalue weighted by molar-refractivity contribution is 5.95. The summed E-state index contributed by atoms with van der Waals surface area (Å²) < 4.78 is 22.3. The maximum Gasteiger partial charge on any atom is 0.410 e. The Morgan fingerprint density at radius 1 is 0.956 bits per heavy atom. The molecule has 0 aromatic heterocycles. The molecule has 0 bridgehead atoms. The van der Waals surface area contributed by atoms with E-state index < -0.39 is 5.60 Å². The molecule has 0 radical (unpaired) electrons. The number of nitrogens with one attached hydrogen (secondary N) is 1. The van der Waals surface area contributed by atoms with Gasteiger partial charge < -0.3 is 34.1 Å². The number of fused-ring (bicyclic) bond motifs is 1. The van der Waals surface area contributed by atoms with Crippen LogP contribution in [-0.2, 0) is 16.0 Å². The molecule has 9 nitrogen and oxygen atoms in total. The predicted molar refractivity (Wildman–Crippen MR) is 177 cm³/mol. The SMILES string of the molecule is COCCCOc1cc(C(=O)N(C[C@H]2CN(C(=O)OC(C)(C)C)C[C@@H]2NCc2ccc3ccccc3c2)C(C)C)ccc1OC. The topological polar surface area (TPSA) is 89.6 Å². The maximum atomic E-state index is 14.0. The van der Waals surface area contributed by atoms with Crippen LogP contribution >= 0.6 is 0 Å². The third-order valence-electron chi connectivity index (χ3n) is 7.95. The van der Waals surface area contributed by atoms with E-state index in [-0.39, 0.29) is 30.0 Å². The molecule has 2 atom stereocenters. The van der Waals surface area contributed by atoms with Gasteiger partial charge >= 0.3 is 6.09 Å². The van der Waals surface area contributed by atoms with Crippen molar-refractivity contribution < 1.29 is 28.5 Å². The summed E-state index contributed by atoms with van der Waals surface area (Å²) in [5.41, 5.74) is 1.09. The van der Waals surface area contributed by atoms with E-state index in [1.807, 2.05) is 51.7 Å². The van der Waals surface area contributed by atoms with Gasteiger partial charge in [0, 0.05) is 69.9 Å². The largest absolute Gasteiger partial charge is 0.493 e. The molecule has 0 unspecified atom stereocenters. The molecular formula is C36H49N3O6. The minimum atomic E-state index is -0.596. The van der Waals surface area contributed by atoms with E-state index in [4.69, 9.17) is 18.9 Å². The fourth-order valence-corrected chi connectivity index (χ4v) is 5.62. The Balaban J connectivity index is 1.53. The normalized spacial score (nSPS) is 16.7. The van der Waals surface area contributed by atoms with Crippen LogP contribution in [0.3, 0.4) is 0 Å². The van der Waals surface area contributed by atoms with Crippen molar-refractivity contribution in [1.82, 2.24) is 15.1 Å². The van der Waals surface area contributed by atoms with Crippen LogP contribution in [0.2, 0.25) is 0 Å². The van der Waals surface area contributed by atoms with Crippen molar-refractivity contribution in [3.63, 3.8) is 0 Å². The zero-order valence-electron chi connectivity index (χ0n) is 27.8. The summed E-state index contributed by atoms with van der Waals surface area (Å²) in [6, 6.07) is 20.0. The molecule has 45 heavy (non-hydrogen) atoms. The van der Waals surface area contributed by atoms with Crippen LogP contribution in [0.5, 0.6) is 11.5 Å². The van der Waals surface area contributed by atoms with Gasteiger partial charge in [-0.25, -0.2) is 4.79 Å². The average Bonchev–Trinajstić information content (AvgIpc) is 3.42. The zero-order chi connectivity index (χ0) is 32.6. The quantitative estimate of drug-likeness (QED) is 0.230. The highest BCUT2D eigenvalue weighted by atomic mass is 16.6. The van der Waals surface area contributed by atoms with E-state index in [1.54, 1.807) is 37.3 Å². The molecule has 3 aromatic rings. The molecule has 244 valence electrons. The minimum Gasteiger partial charge on any atom is -0.493 e. The van der Waals surface area contributed by atoms with Crippen LogP contribution in [0.15, 0.2) is 60.7 Å². The lowest BCUT2D eigenvalue weighted by molar-refractivity contribution is 0.0283. The molecule has 1 aliphatic heterocycles. The number of nitrogens with zero attached hydrogens (tertiary/aromatic N) is 2. The molecule has 1 N–H and O–H groups in total. The van der Waals surface area contributed by atoms with Crippen molar-refractivity contribution >= 4 is 22.8 Å². The first-order valence-electron chi connectivity index (χ1n) is 15.8. The first kappa shape index (κ1) is 34.1. The molecule has 9 heteroatoms. The smallest absolute Gasteiger partial charge is 0.410 e. The molecule has 1 heterocycles. The molecule has 1 saturated heterocycles. The Labute approximate surface area is 267 Å². The van der Waals surface area contributed by atoms with Crippen molar-refractivity contribution in [1.29, 1.82) is 0 Å². The predicted octanol–water partition coefficient (Wildman–Crippen LogP) is 6.14. The summed E-state index contributed by atoms with van der Waals surface area (Å²) in [6.45, 7) is 12.8. The van der Waals surface area contributed by atoms with Crippen LogP contribution in [0.25, 0.3) is 10.8 Å². The van der Waals surface area contributed by atoms with Gasteiger partial charge in [0.1, 0.15) is 5.60 Å². The third kappa shape index (κ3) is 9.34. The number of hydrogen-bond donors (Lipinski definition) is 1. The molecule has 3 aromatic carbocycles. The lowest BCUT2D eigenvalue weighted by Crippen LogP contribution is -2.46. The van der Waals surface area contributed by atoms with Gasteiger partial charge in [-0.1, -0.05) is 36.4 Å². The van der Waals surface area contributed by atoms with Gasteiger partial charge in [0.05, 0.1) is 13.7 Å². The van der Waals surface area contributed by atoms with Crippen LogP contribution in [-0.4, -0.2) is 86.6 Å². The Morgan fingerprint density at radius 3 is 2.40 bits per heavy atom. The number of methoxy groups -OCH3 is 2. The van der Waals surface area contributed by atoms with E-state index in [0.29, 0.717) is 56.5 Å². The van der Waals surface area contributed by atoms with Gasteiger partial charge in [0.25, 0.3) is 5.91 Å². The number of benzene rings is 3. The third-order valence-corrected chi connectivity index (χ3v) is 7.95. The summed E-state index contributed by atoms with van der Waals surface area (Å²) in [5, 5.41) is 6.09. The fraction of sp³-hybridized carbons (Fsp3) is 0.500. The standard InChI is InChI=1S/C36H49N3O6/c1-25(2)39(34(40)29-15-16-32(43-7)33(20-29)44-18-10-17-42-6)23-30-22-38(35(41)45-36(3,4)5)24-31(30)37-21-26-13-14-27-11-8-9-12-28(27)19-26/h8-9,11-16,19-20,25,30-31,37H,10,17-18,21-24H2,1-7H3/t30-,31+/m1/s1. The van der Waals surface area contributed by atoms with Crippen molar-refractivity contribution in [3.8, 4) is 11.5 Å². The van der Waals surface area contributed by atoms with E-state index in [2.05, 4.69) is 35.6 Å². The minimum absolute atomic E-state index is 0.00710. The van der Waals surface area contributed by atoms with Crippen LogP contribution in [0, 0.1) is 5.92 Å². The van der Waals surface area contributed by atoms with Crippen LogP contribution < -0.4 is 14.8 Å². The van der Waals surface area contributed by atoms with Crippen LogP contribution in [0.1, 0.15) is 57.0 Å². The molecule has 0 saturated carbocycles. The lowest BCUT2D eigenvalue weighted by Gasteiger charge is -2.32. The van der Waals surface area contributed by atoms with E-state index in [1.165, 1.54) is 10.8 Å². The summed E-state index contributed by atoms with van der Waals surface area (Å²) in [6.07, 6.45) is 0.384. The number of likely N-dealkylation sites (tertiary alicyclic amines) is 1. The Bertz CT molecular complexity index is 1440. The average molecular weight is 620 g/mol.